The van der Waals surface area contributed by atoms with Crippen molar-refractivity contribution in [2.45, 2.75) is 12.8 Å². The number of carbonyl (C=O) groups excluding carboxylic acids is 3. The predicted octanol–water partition coefficient (Wildman–Crippen LogP) is 2.72. The van der Waals surface area contributed by atoms with Crippen LogP contribution < -0.4 is 5.32 Å². The summed E-state index contributed by atoms with van der Waals surface area (Å²) in [5, 5.41) is 3.30. The molecular formula is C20H19ClN2O3. The highest BCUT2D eigenvalue weighted by atomic mass is 35.5. The van der Waals surface area contributed by atoms with Gasteiger partial charge in [0.1, 0.15) is 0 Å². The Bertz CT molecular complexity index is 815. The lowest BCUT2D eigenvalue weighted by Gasteiger charge is -2.37. The Labute approximate surface area is 156 Å². The van der Waals surface area contributed by atoms with E-state index in [2.05, 4.69) is 17.5 Å². The highest BCUT2D eigenvalue weighted by Gasteiger charge is 2.66. The Kier molecular flexibility index (Phi) is 3.51. The number of hydrogen-bond donors (Lipinski definition) is 1. The summed E-state index contributed by atoms with van der Waals surface area (Å²) in [6.07, 6.45) is 5.55. The van der Waals surface area contributed by atoms with Crippen molar-refractivity contribution in [2.75, 3.05) is 11.9 Å². The molecule has 5 nitrogen and oxygen atoms in total. The molecule has 6 heteroatoms. The van der Waals surface area contributed by atoms with E-state index in [4.69, 9.17) is 11.6 Å². The van der Waals surface area contributed by atoms with Crippen LogP contribution in [0.4, 0.5) is 5.69 Å². The van der Waals surface area contributed by atoms with Gasteiger partial charge >= 0.3 is 0 Å². The molecule has 6 rings (SSSR count). The number of imide groups is 1. The largest absolute Gasteiger partial charge is 0.326 e. The summed E-state index contributed by atoms with van der Waals surface area (Å²) in [7, 11) is 0. The first-order chi connectivity index (χ1) is 12.5. The summed E-state index contributed by atoms with van der Waals surface area (Å²) in [5.74, 6) is 0.832. The van der Waals surface area contributed by atoms with Gasteiger partial charge in [-0.05, 0) is 48.3 Å². The van der Waals surface area contributed by atoms with E-state index in [0.29, 0.717) is 22.5 Å². The molecule has 1 saturated heterocycles. The maximum atomic E-state index is 12.8. The van der Waals surface area contributed by atoms with Crippen molar-refractivity contribution < 1.29 is 14.4 Å². The smallest absolute Gasteiger partial charge is 0.233 e. The van der Waals surface area contributed by atoms with Crippen molar-refractivity contribution in [3.8, 4) is 0 Å². The predicted molar refractivity (Wildman–Crippen MR) is 96.1 cm³/mol. The van der Waals surface area contributed by atoms with E-state index in [1.807, 2.05) is 0 Å². The monoisotopic (exact) mass is 370 g/mol. The zero-order valence-corrected chi connectivity index (χ0v) is 14.9. The molecule has 134 valence electrons. The number of likely N-dealkylation sites (tertiary alicyclic amines) is 1. The Balaban J connectivity index is 1.25. The fourth-order valence-corrected chi connectivity index (χ4v) is 5.43. The summed E-state index contributed by atoms with van der Waals surface area (Å²) in [6.45, 7) is 0.145. The van der Waals surface area contributed by atoms with Crippen LogP contribution in [-0.2, 0) is 14.4 Å². The van der Waals surface area contributed by atoms with E-state index in [9.17, 15) is 14.4 Å². The molecular weight excluding hydrogens is 352 g/mol. The van der Waals surface area contributed by atoms with Gasteiger partial charge < -0.3 is 5.32 Å². The molecule has 5 aliphatic rings. The molecule has 2 bridgehead atoms. The number of nitrogens with zero attached hydrogens (tertiary/aromatic N) is 1. The lowest BCUT2D eigenvalue weighted by molar-refractivity contribution is -0.140. The molecule has 26 heavy (non-hydrogen) atoms. The maximum absolute atomic E-state index is 12.8. The van der Waals surface area contributed by atoms with Crippen LogP contribution in [0.3, 0.4) is 0 Å². The highest BCUT2D eigenvalue weighted by molar-refractivity contribution is 6.30. The van der Waals surface area contributed by atoms with Crippen molar-refractivity contribution in [3.05, 3.63) is 41.4 Å². The van der Waals surface area contributed by atoms with Gasteiger partial charge in [-0.1, -0.05) is 29.8 Å². The van der Waals surface area contributed by atoms with Gasteiger partial charge in [0.15, 0.2) is 0 Å². The quantitative estimate of drug-likeness (QED) is 0.654. The minimum Gasteiger partial charge on any atom is -0.326 e. The number of benzene rings is 1. The molecule has 1 N–H and O–H groups in total. The molecule has 1 aromatic carbocycles. The summed E-state index contributed by atoms with van der Waals surface area (Å²) >= 11 is 5.91. The molecule has 4 aliphatic carbocycles. The standard InChI is InChI=1S/C20H19ClN2O3/c21-10-2-1-3-11(8-10)22-16(24)6-7-23-19(25)17-12-4-5-13(15-9-14(12)15)18(17)20(23)26/h1-5,8,12-15,17-18H,6-7,9H2,(H,22,24)/t12-,13-,14-,15+,17+,18+/m0/s1. The Morgan fingerprint density at radius 1 is 1.12 bits per heavy atom. The third-order valence-electron chi connectivity index (χ3n) is 6.42. The van der Waals surface area contributed by atoms with Gasteiger partial charge in [0.05, 0.1) is 11.8 Å². The number of halogens is 1. The first kappa shape index (κ1) is 16.1. The molecule has 1 aromatic rings. The van der Waals surface area contributed by atoms with E-state index >= 15 is 0 Å². The molecule has 0 aromatic heterocycles. The number of hydrogen-bond acceptors (Lipinski definition) is 3. The minimum atomic E-state index is -0.230. The second-order valence-corrected chi connectivity index (χ2v) is 8.23. The molecule has 1 heterocycles. The first-order valence-corrected chi connectivity index (χ1v) is 9.51. The van der Waals surface area contributed by atoms with Gasteiger partial charge in [0.2, 0.25) is 17.7 Å². The van der Waals surface area contributed by atoms with Crippen LogP contribution in [0.5, 0.6) is 0 Å². The summed E-state index contributed by atoms with van der Waals surface area (Å²) in [6, 6.07) is 6.90. The topological polar surface area (TPSA) is 66.5 Å². The molecule has 3 fully saturated rings. The van der Waals surface area contributed by atoms with Gasteiger partial charge in [-0.3, -0.25) is 19.3 Å². The normalized spacial score (nSPS) is 36.1. The third-order valence-corrected chi connectivity index (χ3v) is 6.66. The minimum absolute atomic E-state index is 0.0831. The van der Waals surface area contributed by atoms with Crippen molar-refractivity contribution >= 4 is 35.0 Å². The van der Waals surface area contributed by atoms with Gasteiger partial charge in [0.25, 0.3) is 0 Å². The van der Waals surface area contributed by atoms with E-state index in [1.54, 1.807) is 24.3 Å². The Morgan fingerprint density at radius 2 is 1.77 bits per heavy atom. The third kappa shape index (κ3) is 2.33. The van der Waals surface area contributed by atoms with Gasteiger partial charge in [-0.2, -0.15) is 0 Å². The average Bonchev–Trinajstić information content (AvgIpc) is 3.39. The molecule has 0 unspecified atom stereocenters. The molecule has 0 spiro atoms. The Morgan fingerprint density at radius 3 is 2.38 bits per heavy atom. The second-order valence-electron chi connectivity index (χ2n) is 7.79. The average molecular weight is 371 g/mol. The van der Waals surface area contributed by atoms with Crippen LogP contribution in [0.15, 0.2) is 36.4 Å². The van der Waals surface area contributed by atoms with E-state index in [1.165, 1.54) is 4.90 Å². The van der Waals surface area contributed by atoms with Crippen LogP contribution in [0.25, 0.3) is 0 Å². The molecule has 6 atom stereocenters. The van der Waals surface area contributed by atoms with E-state index in [0.717, 1.165) is 6.42 Å². The van der Waals surface area contributed by atoms with Gasteiger partial charge in [-0.15, -0.1) is 0 Å². The Hall–Kier alpha value is -2.14. The zero-order valence-electron chi connectivity index (χ0n) is 14.1. The van der Waals surface area contributed by atoms with Crippen molar-refractivity contribution in [1.82, 2.24) is 4.90 Å². The number of amides is 3. The molecule has 0 radical (unpaired) electrons. The van der Waals surface area contributed by atoms with Crippen LogP contribution >= 0.6 is 11.6 Å². The van der Waals surface area contributed by atoms with E-state index < -0.39 is 0 Å². The lowest BCUT2D eigenvalue weighted by atomic mass is 9.63. The number of nitrogens with one attached hydrogen (secondary N) is 1. The number of anilines is 1. The van der Waals surface area contributed by atoms with Gasteiger partial charge in [-0.25, -0.2) is 0 Å². The van der Waals surface area contributed by atoms with Gasteiger partial charge in [0, 0.05) is 23.7 Å². The number of carbonyl (C=O) groups is 3. The zero-order chi connectivity index (χ0) is 18.0. The first-order valence-electron chi connectivity index (χ1n) is 9.13. The SMILES string of the molecule is O=C(CCN1C(=O)[C@@H]2[C@H]3C=C[C@@H]([C@@H]4C[C@H]34)[C@H]2C1=O)Nc1cccc(Cl)c1. The fourth-order valence-electron chi connectivity index (χ4n) is 5.24. The van der Waals surface area contributed by atoms with Crippen LogP contribution in [0.1, 0.15) is 12.8 Å². The fraction of sp³-hybridized carbons (Fsp3) is 0.450. The van der Waals surface area contributed by atoms with Crippen molar-refractivity contribution in [2.24, 2.45) is 35.5 Å². The maximum Gasteiger partial charge on any atom is 0.233 e. The van der Waals surface area contributed by atoms with Crippen molar-refractivity contribution in [1.29, 1.82) is 0 Å². The number of rotatable bonds is 4. The second kappa shape index (κ2) is 5.68. The summed E-state index contributed by atoms with van der Waals surface area (Å²) in [4.78, 5) is 39.2. The van der Waals surface area contributed by atoms with Crippen LogP contribution in [0.2, 0.25) is 5.02 Å². The van der Waals surface area contributed by atoms with Crippen LogP contribution in [-0.4, -0.2) is 29.2 Å². The van der Waals surface area contributed by atoms with Crippen LogP contribution in [0, 0.1) is 35.5 Å². The van der Waals surface area contributed by atoms with E-state index in [-0.39, 0.29) is 54.4 Å². The summed E-state index contributed by atoms with van der Waals surface area (Å²) in [5.41, 5.74) is 0.609. The molecule has 1 aliphatic heterocycles. The highest BCUT2D eigenvalue weighted by Crippen LogP contribution is 2.65. The summed E-state index contributed by atoms with van der Waals surface area (Å²) < 4.78 is 0. The molecule has 3 amide bonds. The number of allylic oxidation sites excluding steroid dienone is 2. The van der Waals surface area contributed by atoms with Crippen molar-refractivity contribution in [3.63, 3.8) is 0 Å². The lowest BCUT2D eigenvalue weighted by Crippen LogP contribution is -2.40. The molecule has 2 saturated carbocycles.